The SMILES string of the molecule is CCOC(=O)CCc1cc(F)ccc1[C@@H](C)OC[C@@H](O)CN1CCC[C@H]1Cc1ccc(C)c(F)c1. The summed E-state index contributed by atoms with van der Waals surface area (Å²) in [4.78, 5) is 14.0. The summed E-state index contributed by atoms with van der Waals surface area (Å²) >= 11 is 0. The Bertz CT molecular complexity index is 983. The van der Waals surface area contributed by atoms with Crippen molar-refractivity contribution in [1.29, 1.82) is 0 Å². The van der Waals surface area contributed by atoms with Crippen molar-refractivity contribution in [2.24, 2.45) is 0 Å². The van der Waals surface area contributed by atoms with E-state index < -0.39 is 6.10 Å². The molecule has 1 fully saturated rings. The van der Waals surface area contributed by atoms with E-state index in [9.17, 15) is 18.7 Å². The number of aryl methyl sites for hydroxylation is 2. The van der Waals surface area contributed by atoms with Crippen molar-refractivity contribution in [3.63, 3.8) is 0 Å². The molecule has 2 aromatic rings. The third-order valence-corrected chi connectivity index (χ3v) is 6.64. The molecule has 1 saturated heterocycles. The molecule has 1 aliphatic heterocycles. The van der Waals surface area contributed by atoms with Crippen molar-refractivity contribution >= 4 is 5.97 Å². The standard InChI is InChI=1S/C28H37F2NO4/c1-4-34-28(33)12-9-22-16-23(29)10-11-26(22)20(3)35-18-25(32)17-31-13-5-6-24(31)14-21-8-7-19(2)27(30)15-21/h7-8,10-11,15-16,20,24-25,32H,4-6,9,12-14,17-18H2,1-3H3/t20-,24+,25+/m1/s1. The molecule has 1 N–H and O–H groups in total. The van der Waals surface area contributed by atoms with Crippen molar-refractivity contribution in [3.05, 3.63) is 70.3 Å². The number of halogens is 2. The van der Waals surface area contributed by atoms with Gasteiger partial charge in [-0.05, 0) is 93.5 Å². The summed E-state index contributed by atoms with van der Waals surface area (Å²) in [6.07, 6.45) is 2.28. The fraction of sp³-hybridized carbons (Fsp3) is 0.536. The fourth-order valence-electron chi connectivity index (χ4n) is 4.73. The molecule has 2 aromatic carbocycles. The molecular weight excluding hydrogens is 452 g/mol. The summed E-state index contributed by atoms with van der Waals surface area (Å²) in [6.45, 7) is 7.18. The molecule has 0 aromatic heterocycles. The summed E-state index contributed by atoms with van der Waals surface area (Å²) < 4.78 is 38.7. The first-order valence-corrected chi connectivity index (χ1v) is 12.5. The minimum absolute atomic E-state index is 0.137. The second-order valence-corrected chi connectivity index (χ2v) is 9.36. The van der Waals surface area contributed by atoms with E-state index in [-0.39, 0.29) is 42.8 Å². The smallest absolute Gasteiger partial charge is 0.306 e. The van der Waals surface area contributed by atoms with Gasteiger partial charge < -0.3 is 14.6 Å². The van der Waals surface area contributed by atoms with Crippen LogP contribution in [-0.4, -0.2) is 54.4 Å². The van der Waals surface area contributed by atoms with Crippen molar-refractivity contribution in [2.45, 2.75) is 71.1 Å². The van der Waals surface area contributed by atoms with Crippen LogP contribution in [0.3, 0.4) is 0 Å². The van der Waals surface area contributed by atoms with Crippen LogP contribution in [-0.2, 0) is 27.1 Å². The number of carbonyl (C=O) groups is 1. The Hall–Kier alpha value is -2.35. The number of ether oxygens (including phenoxy) is 2. The van der Waals surface area contributed by atoms with Gasteiger partial charge in [0.15, 0.2) is 0 Å². The van der Waals surface area contributed by atoms with Crippen molar-refractivity contribution in [1.82, 2.24) is 4.90 Å². The molecule has 0 unspecified atom stereocenters. The number of carbonyl (C=O) groups excluding carboxylic acids is 1. The van der Waals surface area contributed by atoms with E-state index in [2.05, 4.69) is 4.90 Å². The molecule has 35 heavy (non-hydrogen) atoms. The lowest BCUT2D eigenvalue weighted by Crippen LogP contribution is -2.39. The summed E-state index contributed by atoms with van der Waals surface area (Å²) in [6, 6.07) is 10.1. The molecule has 0 radical (unpaired) electrons. The molecule has 0 amide bonds. The number of hydrogen-bond donors (Lipinski definition) is 1. The molecule has 0 spiro atoms. The average Bonchev–Trinajstić information content (AvgIpc) is 3.25. The lowest BCUT2D eigenvalue weighted by molar-refractivity contribution is -0.143. The van der Waals surface area contributed by atoms with Crippen molar-refractivity contribution < 1.29 is 28.2 Å². The van der Waals surface area contributed by atoms with Gasteiger partial charge >= 0.3 is 5.97 Å². The second-order valence-electron chi connectivity index (χ2n) is 9.36. The van der Waals surface area contributed by atoms with Gasteiger partial charge in [-0.15, -0.1) is 0 Å². The lowest BCUT2D eigenvalue weighted by atomic mass is 9.99. The maximum atomic E-state index is 13.9. The van der Waals surface area contributed by atoms with Crippen molar-refractivity contribution in [3.8, 4) is 0 Å². The van der Waals surface area contributed by atoms with Crippen LogP contribution in [0.2, 0.25) is 0 Å². The number of aliphatic hydroxyl groups is 1. The predicted molar refractivity (Wildman–Crippen MR) is 131 cm³/mol. The van der Waals surface area contributed by atoms with Gasteiger partial charge in [0.1, 0.15) is 11.6 Å². The van der Waals surface area contributed by atoms with E-state index in [0.29, 0.717) is 30.7 Å². The second kappa shape index (κ2) is 13.1. The fourth-order valence-corrected chi connectivity index (χ4v) is 4.73. The van der Waals surface area contributed by atoms with E-state index in [4.69, 9.17) is 9.47 Å². The Kier molecular flexibility index (Phi) is 10.2. The van der Waals surface area contributed by atoms with Gasteiger partial charge in [0.05, 0.1) is 25.4 Å². The summed E-state index contributed by atoms with van der Waals surface area (Å²) in [7, 11) is 0. The largest absolute Gasteiger partial charge is 0.466 e. The minimum Gasteiger partial charge on any atom is -0.466 e. The summed E-state index contributed by atoms with van der Waals surface area (Å²) in [5.74, 6) is -0.870. The Balaban J connectivity index is 1.53. The molecular formula is C28H37F2NO4. The van der Waals surface area contributed by atoms with Gasteiger partial charge in [0, 0.05) is 19.0 Å². The number of aliphatic hydroxyl groups excluding tert-OH is 1. The van der Waals surface area contributed by atoms with Crippen LogP contribution in [0.1, 0.15) is 61.5 Å². The van der Waals surface area contributed by atoms with Crippen LogP contribution in [0.4, 0.5) is 8.78 Å². The van der Waals surface area contributed by atoms with Gasteiger partial charge in [-0.2, -0.15) is 0 Å². The third kappa shape index (κ3) is 8.09. The highest BCUT2D eigenvalue weighted by Gasteiger charge is 2.27. The molecule has 192 valence electrons. The minimum atomic E-state index is -0.684. The molecule has 0 bridgehead atoms. The maximum Gasteiger partial charge on any atom is 0.306 e. The number of hydrogen-bond acceptors (Lipinski definition) is 5. The highest BCUT2D eigenvalue weighted by atomic mass is 19.1. The molecule has 3 rings (SSSR count). The van der Waals surface area contributed by atoms with Crippen LogP contribution >= 0.6 is 0 Å². The normalized spacial score (nSPS) is 17.9. The Morgan fingerprint density at radius 2 is 2.03 bits per heavy atom. The Morgan fingerprint density at radius 1 is 1.23 bits per heavy atom. The van der Waals surface area contributed by atoms with Gasteiger partial charge in [-0.25, -0.2) is 8.78 Å². The summed E-state index contributed by atoms with van der Waals surface area (Å²) in [5.41, 5.74) is 3.10. The summed E-state index contributed by atoms with van der Waals surface area (Å²) in [5, 5.41) is 10.7. The van der Waals surface area contributed by atoms with E-state index in [1.807, 2.05) is 19.1 Å². The highest BCUT2D eigenvalue weighted by Crippen LogP contribution is 2.25. The lowest BCUT2D eigenvalue weighted by Gasteiger charge is -2.28. The number of esters is 1. The molecule has 0 aliphatic carbocycles. The van der Waals surface area contributed by atoms with E-state index in [1.54, 1.807) is 26.0 Å². The molecule has 0 saturated carbocycles. The van der Waals surface area contributed by atoms with Gasteiger partial charge in [-0.1, -0.05) is 18.2 Å². The van der Waals surface area contributed by atoms with Crippen LogP contribution in [0.5, 0.6) is 0 Å². The number of β-amino-alcohol motifs (C(OH)–C–C–N with tert-alkyl or cyclic N) is 1. The van der Waals surface area contributed by atoms with E-state index >= 15 is 0 Å². The zero-order chi connectivity index (χ0) is 25.4. The molecule has 1 aliphatic rings. The first-order chi connectivity index (χ1) is 16.8. The molecule has 7 heteroatoms. The van der Waals surface area contributed by atoms with Crippen LogP contribution in [0.15, 0.2) is 36.4 Å². The molecule has 5 nitrogen and oxygen atoms in total. The predicted octanol–water partition coefficient (Wildman–Crippen LogP) is 4.91. The first-order valence-electron chi connectivity index (χ1n) is 12.5. The van der Waals surface area contributed by atoms with Gasteiger partial charge in [-0.3, -0.25) is 9.69 Å². The topological polar surface area (TPSA) is 59.0 Å². The highest BCUT2D eigenvalue weighted by molar-refractivity contribution is 5.69. The number of likely N-dealkylation sites (tertiary alicyclic amines) is 1. The van der Waals surface area contributed by atoms with Gasteiger partial charge in [0.2, 0.25) is 0 Å². The molecule has 3 atom stereocenters. The van der Waals surface area contributed by atoms with Crippen LogP contribution < -0.4 is 0 Å². The number of benzene rings is 2. The average molecular weight is 490 g/mol. The number of nitrogens with zero attached hydrogens (tertiary/aromatic N) is 1. The Morgan fingerprint density at radius 3 is 2.77 bits per heavy atom. The molecule has 1 heterocycles. The van der Waals surface area contributed by atoms with Gasteiger partial charge in [0.25, 0.3) is 0 Å². The van der Waals surface area contributed by atoms with E-state index in [1.165, 1.54) is 12.1 Å². The quantitative estimate of drug-likeness (QED) is 0.429. The third-order valence-electron chi connectivity index (χ3n) is 6.64. The Labute approximate surface area is 207 Å². The van der Waals surface area contributed by atoms with Crippen molar-refractivity contribution in [2.75, 3.05) is 26.3 Å². The maximum absolute atomic E-state index is 13.9. The zero-order valence-corrected chi connectivity index (χ0v) is 20.9. The number of rotatable bonds is 12. The van der Waals surface area contributed by atoms with Crippen LogP contribution in [0, 0.1) is 18.6 Å². The van der Waals surface area contributed by atoms with E-state index in [0.717, 1.165) is 36.9 Å². The monoisotopic (exact) mass is 489 g/mol. The first kappa shape index (κ1) is 27.2. The zero-order valence-electron chi connectivity index (χ0n) is 20.9. The van der Waals surface area contributed by atoms with Crippen LogP contribution in [0.25, 0.3) is 0 Å².